The van der Waals surface area contributed by atoms with Crippen molar-refractivity contribution in [1.82, 2.24) is 0 Å². The second-order valence-corrected chi connectivity index (χ2v) is 5.35. The average molecular weight is 388 g/mol. The molecule has 0 atom stereocenters. The van der Waals surface area contributed by atoms with E-state index in [0.717, 1.165) is 0 Å². The molecule has 0 saturated carbocycles. The van der Waals surface area contributed by atoms with Crippen LogP contribution in [0, 0.1) is 5.41 Å². The number of carboxylic acid groups (broad SMARTS) is 5. The normalized spacial score (nSPS) is 10.3. The summed E-state index contributed by atoms with van der Waals surface area (Å²) in [4.78, 5) is 53.3. The standard InChI is InChI=1S/C10H6O8.C5H10O4/c11-7(12)3-1-4(8(13)14)6(10(17)18)2-5(3)9(15)16;1-5(2-6,3-7)4(8)9/h1-2H,(H,11,12)(H,13,14)(H,15,16)(H,17,18);6-7H,2-3H2,1H3,(H,8,9). The number of aliphatic hydroxyl groups is 2. The van der Waals surface area contributed by atoms with Crippen molar-refractivity contribution in [1.29, 1.82) is 0 Å². The Balaban J connectivity index is 0.000000636. The monoisotopic (exact) mass is 388 g/mol. The number of aliphatic hydroxyl groups excluding tert-OH is 2. The van der Waals surface area contributed by atoms with E-state index in [-0.39, 0.29) is 0 Å². The van der Waals surface area contributed by atoms with Gasteiger partial charge < -0.3 is 35.7 Å². The van der Waals surface area contributed by atoms with Gasteiger partial charge in [0.2, 0.25) is 0 Å². The Morgan fingerprint density at radius 3 is 0.963 bits per heavy atom. The molecule has 12 heteroatoms. The van der Waals surface area contributed by atoms with Crippen molar-refractivity contribution in [2.24, 2.45) is 5.41 Å². The molecule has 0 aliphatic heterocycles. The molecule has 0 aliphatic carbocycles. The Kier molecular flexibility index (Phi) is 8.06. The molecule has 7 N–H and O–H groups in total. The van der Waals surface area contributed by atoms with Gasteiger partial charge in [0.15, 0.2) is 0 Å². The van der Waals surface area contributed by atoms with Crippen LogP contribution >= 0.6 is 0 Å². The summed E-state index contributed by atoms with van der Waals surface area (Å²) >= 11 is 0. The van der Waals surface area contributed by atoms with Crippen LogP contribution in [0.2, 0.25) is 0 Å². The molecule has 0 radical (unpaired) electrons. The largest absolute Gasteiger partial charge is 0.481 e. The number of rotatable bonds is 7. The van der Waals surface area contributed by atoms with E-state index in [1.165, 1.54) is 6.92 Å². The number of hydrogen-bond acceptors (Lipinski definition) is 7. The summed E-state index contributed by atoms with van der Waals surface area (Å²) < 4.78 is 0. The summed E-state index contributed by atoms with van der Waals surface area (Å²) in [7, 11) is 0. The molecule has 0 unspecified atom stereocenters. The van der Waals surface area contributed by atoms with Gasteiger partial charge in [0.05, 0.1) is 35.5 Å². The van der Waals surface area contributed by atoms with Crippen LogP contribution in [0.5, 0.6) is 0 Å². The maximum Gasteiger partial charge on any atom is 0.336 e. The lowest BCUT2D eigenvalue weighted by molar-refractivity contribution is -0.152. The predicted octanol–water partition coefficient (Wildman–Crippen LogP) is -0.459. The quantitative estimate of drug-likeness (QED) is 0.315. The maximum atomic E-state index is 10.8. The number of aliphatic carboxylic acids is 1. The van der Waals surface area contributed by atoms with Gasteiger partial charge in [0.1, 0.15) is 5.41 Å². The van der Waals surface area contributed by atoms with Crippen LogP contribution in [-0.4, -0.2) is 78.8 Å². The Morgan fingerprint density at radius 1 is 0.667 bits per heavy atom. The van der Waals surface area contributed by atoms with E-state index in [0.29, 0.717) is 12.1 Å². The number of hydrogen-bond donors (Lipinski definition) is 7. The van der Waals surface area contributed by atoms with Crippen LogP contribution in [0.15, 0.2) is 12.1 Å². The van der Waals surface area contributed by atoms with Crippen LogP contribution in [0.4, 0.5) is 0 Å². The third-order valence-corrected chi connectivity index (χ3v) is 3.29. The van der Waals surface area contributed by atoms with E-state index in [4.69, 9.17) is 35.7 Å². The summed E-state index contributed by atoms with van der Waals surface area (Å²) in [6, 6.07) is 1.02. The van der Waals surface area contributed by atoms with E-state index in [9.17, 15) is 24.0 Å². The Bertz CT molecular complexity index is 677. The van der Waals surface area contributed by atoms with E-state index in [1.54, 1.807) is 0 Å². The van der Waals surface area contributed by atoms with Gasteiger partial charge in [-0.1, -0.05) is 0 Å². The van der Waals surface area contributed by atoms with Crippen LogP contribution in [0.25, 0.3) is 0 Å². The Labute approximate surface area is 150 Å². The molecule has 0 saturated heterocycles. The SMILES string of the molecule is CC(CO)(CO)C(=O)O.O=C(O)c1cc(C(=O)O)c(C(=O)O)cc1C(=O)O. The first kappa shape index (κ1) is 23.5. The molecule has 0 bridgehead atoms. The van der Waals surface area contributed by atoms with Gasteiger partial charge in [-0.05, 0) is 19.1 Å². The minimum absolute atomic E-state index is 0.511. The van der Waals surface area contributed by atoms with Gasteiger partial charge in [-0.25, -0.2) is 19.2 Å². The van der Waals surface area contributed by atoms with Crippen molar-refractivity contribution in [2.45, 2.75) is 6.92 Å². The molecule has 0 fully saturated rings. The van der Waals surface area contributed by atoms with Crippen LogP contribution < -0.4 is 0 Å². The lowest BCUT2D eigenvalue weighted by atomic mass is 9.94. The molecule has 27 heavy (non-hydrogen) atoms. The van der Waals surface area contributed by atoms with Gasteiger partial charge in [0, 0.05) is 0 Å². The minimum atomic E-state index is -1.66. The average Bonchev–Trinajstić information content (AvgIpc) is 2.59. The molecular weight excluding hydrogens is 372 g/mol. The highest BCUT2D eigenvalue weighted by atomic mass is 16.4. The zero-order chi connectivity index (χ0) is 21.5. The molecule has 1 aromatic rings. The van der Waals surface area contributed by atoms with E-state index < -0.39 is 70.7 Å². The maximum absolute atomic E-state index is 10.8. The smallest absolute Gasteiger partial charge is 0.336 e. The topological polar surface area (TPSA) is 227 Å². The highest BCUT2D eigenvalue weighted by Gasteiger charge is 2.31. The highest BCUT2D eigenvalue weighted by Crippen LogP contribution is 2.18. The third-order valence-electron chi connectivity index (χ3n) is 3.29. The summed E-state index contributed by atoms with van der Waals surface area (Å²) in [6.45, 7) is 0.187. The van der Waals surface area contributed by atoms with Crippen molar-refractivity contribution in [3.63, 3.8) is 0 Å². The van der Waals surface area contributed by atoms with Gasteiger partial charge in [-0.15, -0.1) is 0 Å². The van der Waals surface area contributed by atoms with Gasteiger partial charge in [-0.2, -0.15) is 0 Å². The van der Waals surface area contributed by atoms with E-state index >= 15 is 0 Å². The van der Waals surface area contributed by atoms with E-state index in [2.05, 4.69) is 0 Å². The summed E-state index contributed by atoms with van der Waals surface area (Å²) in [6.07, 6.45) is 0. The van der Waals surface area contributed by atoms with E-state index in [1.807, 2.05) is 0 Å². The predicted molar refractivity (Wildman–Crippen MR) is 84.2 cm³/mol. The Hall–Kier alpha value is -3.51. The zero-order valence-corrected chi connectivity index (χ0v) is 13.7. The first-order valence-electron chi connectivity index (χ1n) is 6.88. The molecule has 0 aliphatic rings. The van der Waals surface area contributed by atoms with Gasteiger partial charge in [-0.3, -0.25) is 4.79 Å². The van der Waals surface area contributed by atoms with Crippen molar-refractivity contribution in [3.05, 3.63) is 34.4 Å². The molecule has 148 valence electrons. The summed E-state index contributed by atoms with van der Waals surface area (Å²) in [5.41, 5.74) is -4.54. The fraction of sp³-hybridized carbons (Fsp3) is 0.267. The molecule has 0 amide bonds. The fourth-order valence-electron chi connectivity index (χ4n) is 1.49. The lowest BCUT2D eigenvalue weighted by Crippen LogP contribution is -2.35. The second-order valence-electron chi connectivity index (χ2n) is 5.35. The summed E-state index contributed by atoms with van der Waals surface area (Å²) in [5, 5.41) is 60.1. The molecule has 1 aromatic carbocycles. The first-order chi connectivity index (χ1) is 12.3. The van der Waals surface area contributed by atoms with Crippen molar-refractivity contribution < 1.29 is 59.7 Å². The molecule has 0 heterocycles. The van der Waals surface area contributed by atoms with Crippen molar-refractivity contribution >= 4 is 29.8 Å². The number of carboxylic acids is 5. The lowest BCUT2D eigenvalue weighted by Gasteiger charge is -2.17. The second kappa shape index (κ2) is 9.26. The fourth-order valence-corrected chi connectivity index (χ4v) is 1.49. The highest BCUT2D eigenvalue weighted by molar-refractivity contribution is 6.09. The van der Waals surface area contributed by atoms with Crippen molar-refractivity contribution in [2.75, 3.05) is 13.2 Å². The molecule has 12 nitrogen and oxygen atoms in total. The van der Waals surface area contributed by atoms with Gasteiger partial charge in [0.25, 0.3) is 0 Å². The number of aromatic carboxylic acids is 4. The molecule has 1 rings (SSSR count). The first-order valence-corrected chi connectivity index (χ1v) is 6.88. The molecule has 0 aromatic heterocycles. The van der Waals surface area contributed by atoms with Crippen LogP contribution in [-0.2, 0) is 4.79 Å². The Morgan fingerprint density at radius 2 is 0.889 bits per heavy atom. The summed E-state index contributed by atoms with van der Waals surface area (Å²) in [5.74, 6) is -7.83. The zero-order valence-electron chi connectivity index (χ0n) is 13.7. The van der Waals surface area contributed by atoms with Crippen LogP contribution in [0.3, 0.4) is 0 Å². The third kappa shape index (κ3) is 5.76. The van der Waals surface area contributed by atoms with Crippen molar-refractivity contribution in [3.8, 4) is 0 Å². The number of carbonyl (C=O) groups is 5. The molecule has 0 spiro atoms. The molecular formula is C15H16O12. The van der Waals surface area contributed by atoms with Gasteiger partial charge >= 0.3 is 29.8 Å². The van der Waals surface area contributed by atoms with Crippen LogP contribution in [0.1, 0.15) is 48.4 Å². The number of benzene rings is 1. The minimum Gasteiger partial charge on any atom is -0.481 e.